The van der Waals surface area contributed by atoms with Crippen molar-refractivity contribution < 1.29 is 9.53 Å². The summed E-state index contributed by atoms with van der Waals surface area (Å²) >= 11 is 0. The summed E-state index contributed by atoms with van der Waals surface area (Å²) in [6, 6.07) is 11.8. The van der Waals surface area contributed by atoms with Crippen molar-refractivity contribution >= 4 is 5.97 Å². The molecule has 1 unspecified atom stereocenters. The molecule has 1 heterocycles. The first-order valence-electron chi connectivity index (χ1n) is 10.9. The standard InChI is InChI=1S/C25H35NO2/c1-4-6-8-10-11-20(3)28-25(27)23-16-14-22(15-17-23)24-18-13-21(19-26-24)12-9-7-5-2/h13-20H,4-12H2,1-3H3. The largest absolute Gasteiger partial charge is 0.459 e. The number of benzene rings is 1. The molecule has 1 atom stereocenters. The second-order valence-corrected chi connectivity index (χ2v) is 7.65. The van der Waals surface area contributed by atoms with E-state index >= 15 is 0 Å². The van der Waals surface area contributed by atoms with Crippen LogP contribution in [0.4, 0.5) is 0 Å². The van der Waals surface area contributed by atoms with Crippen molar-refractivity contribution in [2.24, 2.45) is 0 Å². The number of unbranched alkanes of at least 4 members (excludes halogenated alkanes) is 5. The summed E-state index contributed by atoms with van der Waals surface area (Å²) in [7, 11) is 0. The highest BCUT2D eigenvalue weighted by Gasteiger charge is 2.12. The fraction of sp³-hybridized carbons (Fsp3) is 0.520. The zero-order valence-electron chi connectivity index (χ0n) is 17.7. The van der Waals surface area contributed by atoms with Gasteiger partial charge in [-0.05, 0) is 56.4 Å². The number of rotatable bonds is 12. The molecule has 0 spiro atoms. The highest BCUT2D eigenvalue weighted by molar-refractivity contribution is 5.90. The predicted octanol–water partition coefficient (Wildman–Crippen LogP) is 7.00. The predicted molar refractivity (Wildman–Crippen MR) is 117 cm³/mol. The molecular formula is C25H35NO2. The number of carbonyl (C=O) groups excluding carboxylic acids is 1. The highest BCUT2D eigenvalue weighted by Crippen LogP contribution is 2.19. The third-order valence-corrected chi connectivity index (χ3v) is 5.08. The molecule has 0 radical (unpaired) electrons. The van der Waals surface area contributed by atoms with Crippen LogP contribution < -0.4 is 0 Å². The number of hydrogen-bond donors (Lipinski definition) is 0. The van der Waals surface area contributed by atoms with Gasteiger partial charge in [0.2, 0.25) is 0 Å². The molecule has 0 saturated carbocycles. The van der Waals surface area contributed by atoms with Crippen LogP contribution in [0.2, 0.25) is 0 Å². The quantitative estimate of drug-likeness (QED) is 0.293. The van der Waals surface area contributed by atoms with Gasteiger partial charge in [0.05, 0.1) is 17.4 Å². The zero-order valence-corrected chi connectivity index (χ0v) is 17.7. The Kier molecular flexibility index (Phi) is 9.74. The molecular weight excluding hydrogens is 346 g/mol. The second kappa shape index (κ2) is 12.3. The molecule has 0 N–H and O–H groups in total. The topological polar surface area (TPSA) is 39.2 Å². The second-order valence-electron chi connectivity index (χ2n) is 7.65. The molecule has 0 aliphatic carbocycles. The summed E-state index contributed by atoms with van der Waals surface area (Å²) in [6.45, 7) is 6.39. The van der Waals surface area contributed by atoms with Crippen molar-refractivity contribution in [2.75, 3.05) is 0 Å². The number of aryl methyl sites for hydroxylation is 1. The van der Waals surface area contributed by atoms with Gasteiger partial charge in [-0.15, -0.1) is 0 Å². The Hall–Kier alpha value is -2.16. The Bertz CT molecular complexity index is 691. The molecule has 0 aliphatic heterocycles. The van der Waals surface area contributed by atoms with E-state index < -0.39 is 0 Å². The molecule has 0 bridgehead atoms. The molecule has 1 aromatic carbocycles. The highest BCUT2D eigenvalue weighted by atomic mass is 16.5. The van der Waals surface area contributed by atoms with Crippen LogP contribution in [-0.4, -0.2) is 17.1 Å². The molecule has 1 aromatic heterocycles. The van der Waals surface area contributed by atoms with Crippen LogP contribution in [0, 0.1) is 0 Å². The molecule has 0 amide bonds. The first kappa shape index (κ1) is 22.1. The van der Waals surface area contributed by atoms with Gasteiger partial charge < -0.3 is 4.74 Å². The average Bonchev–Trinajstić information content (AvgIpc) is 2.72. The number of ether oxygens (including phenoxy) is 1. The average molecular weight is 382 g/mol. The summed E-state index contributed by atoms with van der Waals surface area (Å²) in [5, 5.41) is 0. The lowest BCUT2D eigenvalue weighted by Crippen LogP contribution is -2.15. The monoisotopic (exact) mass is 381 g/mol. The minimum Gasteiger partial charge on any atom is -0.459 e. The van der Waals surface area contributed by atoms with E-state index in [2.05, 4.69) is 31.0 Å². The lowest BCUT2D eigenvalue weighted by atomic mass is 10.1. The maximum atomic E-state index is 12.3. The van der Waals surface area contributed by atoms with Gasteiger partial charge in [-0.25, -0.2) is 4.79 Å². The Morgan fingerprint density at radius 3 is 2.29 bits per heavy atom. The van der Waals surface area contributed by atoms with Crippen LogP contribution in [-0.2, 0) is 11.2 Å². The Morgan fingerprint density at radius 2 is 1.64 bits per heavy atom. The lowest BCUT2D eigenvalue weighted by molar-refractivity contribution is 0.0319. The zero-order chi connectivity index (χ0) is 20.2. The molecule has 0 fully saturated rings. The van der Waals surface area contributed by atoms with E-state index in [0.717, 1.165) is 30.5 Å². The van der Waals surface area contributed by atoms with Crippen LogP contribution >= 0.6 is 0 Å². The van der Waals surface area contributed by atoms with Crippen LogP contribution in [0.1, 0.15) is 88.1 Å². The number of esters is 1. The third-order valence-electron chi connectivity index (χ3n) is 5.08. The smallest absolute Gasteiger partial charge is 0.338 e. The van der Waals surface area contributed by atoms with Crippen molar-refractivity contribution in [3.8, 4) is 11.3 Å². The van der Waals surface area contributed by atoms with Crippen LogP contribution in [0.15, 0.2) is 42.6 Å². The summed E-state index contributed by atoms with van der Waals surface area (Å²) in [5.41, 5.74) is 3.83. The van der Waals surface area contributed by atoms with Gasteiger partial charge in [-0.1, -0.05) is 64.2 Å². The van der Waals surface area contributed by atoms with E-state index in [1.165, 1.54) is 44.1 Å². The van der Waals surface area contributed by atoms with E-state index in [9.17, 15) is 4.79 Å². The minimum absolute atomic E-state index is 0.0362. The van der Waals surface area contributed by atoms with E-state index in [1.54, 1.807) is 0 Å². The molecule has 2 rings (SSSR count). The third kappa shape index (κ3) is 7.46. The summed E-state index contributed by atoms with van der Waals surface area (Å²) < 4.78 is 5.57. The molecule has 0 saturated heterocycles. The normalized spacial score (nSPS) is 12.0. The van der Waals surface area contributed by atoms with Gasteiger partial charge in [0.25, 0.3) is 0 Å². The maximum absolute atomic E-state index is 12.3. The van der Waals surface area contributed by atoms with Crippen molar-refractivity contribution in [1.82, 2.24) is 4.98 Å². The van der Waals surface area contributed by atoms with Crippen molar-refractivity contribution in [2.45, 2.75) is 84.7 Å². The summed E-state index contributed by atoms with van der Waals surface area (Å²) in [4.78, 5) is 16.9. The number of hydrogen-bond acceptors (Lipinski definition) is 3. The van der Waals surface area contributed by atoms with Gasteiger partial charge in [0.15, 0.2) is 0 Å². The van der Waals surface area contributed by atoms with Crippen LogP contribution in [0.5, 0.6) is 0 Å². The van der Waals surface area contributed by atoms with Gasteiger partial charge in [-0.3, -0.25) is 4.98 Å². The molecule has 152 valence electrons. The Labute approximate surface area is 170 Å². The van der Waals surface area contributed by atoms with Crippen LogP contribution in [0.3, 0.4) is 0 Å². The summed E-state index contributed by atoms with van der Waals surface area (Å²) in [6.07, 6.45) is 12.4. The van der Waals surface area contributed by atoms with E-state index in [0.29, 0.717) is 5.56 Å². The van der Waals surface area contributed by atoms with Crippen LogP contribution in [0.25, 0.3) is 11.3 Å². The maximum Gasteiger partial charge on any atom is 0.338 e. The number of pyridine rings is 1. The molecule has 28 heavy (non-hydrogen) atoms. The number of carbonyl (C=O) groups is 1. The lowest BCUT2D eigenvalue weighted by Gasteiger charge is -2.13. The molecule has 2 aromatic rings. The first-order valence-corrected chi connectivity index (χ1v) is 10.9. The SMILES string of the molecule is CCCCCCC(C)OC(=O)c1ccc(-c2ccc(CCCCC)cn2)cc1. The first-order chi connectivity index (χ1) is 13.6. The fourth-order valence-electron chi connectivity index (χ4n) is 3.27. The minimum atomic E-state index is -0.242. The van der Waals surface area contributed by atoms with Gasteiger partial charge in [-0.2, -0.15) is 0 Å². The van der Waals surface area contributed by atoms with Crippen molar-refractivity contribution in [3.63, 3.8) is 0 Å². The van der Waals surface area contributed by atoms with E-state index in [1.807, 2.05) is 37.4 Å². The summed E-state index contributed by atoms with van der Waals surface area (Å²) in [5.74, 6) is -0.242. The Balaban J connectivity index is 1.87. The molecule has 0 aliphatic rings. The van der Waals surface area contributed by atoms with Crippen molar-refractivity contribution in [3.05, 3.63) is 53.7 Å². The van der Waals surface area contributed by atoms with Gasteiger partial charge in [0, 0.05) is 11.8 Å². The van der Waals surface area contributed by atoms with Gasteiger partial charge in [0.1, 0.15) is 0 Å². The van der Waals surface area contributed by atoms with Gasteiger partial charge >= 0.3 is 5.97 Å². The van der Waals surface area contributed by atoms with Crippen molar-refractivity contribution in [1.29, 1.82) is 0 Å². The number of nitrogens with zero attached hydrogens (tertiary/aromatic N) is 1. The van der Waals surface area contributed by atoms with E-state index in [-0.39, 0.29) is 12.1 Å². The molecule has 3 heteroatoms. The fourth-order valence-corrected chi connectivity index (χ4v) is 3.27. The Morgan fingerprint density at radius 1 is 0.929 bits per heavy atom. The number of aromatic nitrogens is 1. The molecule has 3 nitrogen and oxygen atoms in total. The van der Waals surface area contributed by atoms with E-state index in [4.69, 9.17) is 4.74 Å².